The number of ether oxygens (including phenoxy) is 1. The summed E-state index contributed by atoms with van der Waals surface area (Å²) in [6.45, 7) is 3.00. The summed E-state index contributed by atoms with van der Waals surface area (Å²) in [5.74, 6) is -3.12. The lowest BCUT2D eigenvalue weighted by molar-refractivity contribution is -0.192. The predicted octanol–water partition coefficient (Wildman–Crippen LogP) is 1.94. The van der Waals surface area contributed by atoms with Gasteiger partial charge in [-0.05, 0) is 38.2 Å². The summed E-state index contributed by atoms with van der Waals surface area (Å²) in [5.41, 5.74) is 6.83. The second-order valence-corrected chi connectivity index (χ2v) is 7.49. The van der Waals surface area contributed by atoms with E-state index in [0.29, 0.717) is 19.6 Å². The van der Waals surface area contributed by atoms with Crippen LogP contribution in [0.2, 0.25) is 0 Å². The lowest BCUT2D eigenvalue weighted by Crippen LogP contribution is -2.43. The van der Waals surface area contributed by atoms with Crippen molar-refractivity contribution in [2.45, 2.75) is 56.9 Å². The third-order valence-corrected chi connectivity index (χ3v) is 4.62. The molecule has 1 aromatic carbocycles. The SMILES string of the molecule is C[C@H](N)C(=O)N[C@H](C=CC(=O)NC1CCOCC1)CCc1ccccc1.O=C(O)C(F)(F)F. The number of rotatable bonds is 8. The first kappa shape index (κ1) is 28.1. The van der Waals surface area contributed by atoms with Crippen LogP contribution in [-0.4, -0.2) is 60.4 Å². The maximum Gasteiger partial charge on any atom is 0.490 e. The van der Waals surface area contributed by atoms with Crippen LogP contribution in [0.25, 0.3) is 0 Å². The average molecular weight is 473 g/mol. The van der Waals surface area contributed by atoms with Gasteiger partial charge >= 0.3 is 12.1 Å². The third kappa shape index (κ3) is 12.6. The summed E-state index contributed by atoms with van der Waals surface area (Å²) in [4.78, 5) is 33.0. The van der Waals surface area contributed by atoms with Gasteiger partial charge in [0.05, 0.1) is 6.04 Å². The molecule has 0 spiro atoms. The number of nitrogens with two attached hydrogens (primary N) is 1. The molecule has 2 rings (SSSR count). The lowest BCUT2D eigenvalue weighted by atomic mass is 10.0. The molecule has 0 radical (unpaired) electrons. The number of aliphatic carboxylic acids is 1. The van der Waals surface area contributed by atoms with E-state index in [9.17, 15) is 22.8 Å². The van der Waals surface area contributed by atoms with Crippen LogP contribution in [0.1, 0.15) is 31.7 Å². The summed E-state index contributed by atoms with van der Waals surface area (Å²) in [7, 11) is 0. The molecule has 184 valence electrons. The van der Waals surface area contributed by atoms with Gasteiger partial charge in [-0.25, -0.2) is 4.79 Å². The Morgan fingerprint density at radius 3 is 2.30 bits per heavy atom. The number of hydrogen-bond acceptors (Lipinski definition) is 5. The van der Waals surface area contributed by atoms with Crippen LogP contribution in [0, 0.1) is 0 Å². The molecular weight excluding hydrogens is 443 g/mol. The Bertz CT molecular complexity index is 779. The van der Waals surface area contributed by atoms with Crippen molar-refractivity contribution in [3.05, 3.63) is 48.0 Å². The number of carboxylic acids is 1. The molecule has 0 bridgehead atoms. The molecule has 1 aliphatic heterocycles. The Morgan fingerprint density at radius 2 is 1.79 bits per heavy atom. The van der Waals surface area contributed by atoms with Gasteiger partial charge in [0.15, 0.2) is 0 Å². The van der Waals surface area contributed by atoms with E-state index < -0.39 is 18.2 Å². The molecule has 33 heavy (non-hydrogen) atoms. The fraction of sp³-hybridized carbons (Fsp3) is 0.500. The highest BCUT2D eigenvalue weighted by atomic mass is 19.4. The van der Waals surface area contributed by atoms with Crippen molar-refractivity contribution in [1.29, 1.82) is 0 Å². The summed E-state index contributed by atoms with van der Waals surface area (Å²) in [6.07, 6.45) is 1.33. The molecule has 5 N–H and O–H groups in total. The van der Waals surface area contributed by atoms with Crippen molar-refractivity contribution in [3.63, 3.8) is 0 Å². The second-order valence-electron chi connectivity index (χ2n) is 7.49. The fourth-order valence-corrected chi connectivity index (χ4v) is 2.79. The minimum atomic E-state index is -5.08. The van der Waals surface area contributed by atoms with E-state index in [4.69, 9.17) is 20.4 Å². The number of nitrogens with one attached hydrogen (secondary N) is 2. The standard InChI is InChI=1S/C20H29N3O3.C2HF3O2/c1-15(21)20(25)23-17(8-7-16-5-3-2-4-6-16)9-10-19(24)22-18-11-13-26-14-12-18;3-2(4,5)1(6)7/h2-6,9-10,15,17-18H,7-8,11-14,21H2,1H3,(H,22,24)(H,23,25);(H,6,7)/t15-,17-;/m0./s1. The van der Waals surface area contributed by atoms with Gasteiger partial charge < -0.3 is 26.2 Å². The molecule has 2 atom stereocenters. The highest BCUT2D eigenvalue weighted by Gasteiger charge is 2.38. The van der Waals surface area contributed by atoms with Gasteiger partial charge in [0.25, 0.3) is 0 Å². The molecule has 0 saturated carbocycles. The number of carbonyl (C=O) groups excluding carboxylic acids is 2. The number of alkyl halides is 3. The highest BCUT2D eigenvalue weighted by Crippen LogP contribution is 2.13. The molecule has 1 aromatic rings. The van der Waals surface area contributed by atoms with Crippen molar-refractivity contribution in [1.82, 2.24) is 10.6 Å². The van der Waals surface area contributed by atoms with Crippen molar-refractivity contribution < 1.29 is 37.4 Å². The van der Waals surface area contributed by atoms with Gasteiger partial charge in [-0.1, -0.05) is 36.4 Å². The van der Waals surface area contributed by atoms with Gasteiger partial charge in [-0.3, -0.25) is 9.59 Å². The summed E-state index contributed by atoms with van der Waals surface area (Å²) < 4.78 is 37.0. The molecule has 0 aliphatic carbocycles. The molecule has 8 nitrogen and oxygen atoms in total. The minimum absolute atomic E-state index is 0.142. The third-order valence-electron chi connectivity index (χ3n) is 4.62. The Labute approximate surface area is 190 Å². The zero-order valence-corrected chi connectivity index (χ0v) is 18.3. The van der Waals surface area contributed by atoms with Gasteiger partial charge in [-0.15, -0.1) is 0 Å². The van der Waals surface area contributed by atoms with E-state index >= 15 is 0 Å². The van der Waals surface area contributed by atoms with Gasteiger partial charge in [0.2, 0.25) is 11.8 Å². The number of aryl methyl sites for hydroxylation is 1. The Balaban J connectivity index is 0.000000675. The monoisotopic (exact) mass is 473 g/mol. The zero-order chi connectivity index (χ0) is 24.9. The molecular formula is C22H30F3N3O5. The number of halogens is 3. The number of carboxylic acid groups (broad SMARTS) is 1. The first-order valence-corrected chi connectivity index (χ1v) is 10.5. The predicted molar refractivity (Wildman–Crippen MR) is 115 cm³/mol. The Hall–Kier alpha value is -2.92. The molecule has 1 saturated heterocycles. The first-order valence-electron chi connectivity index (χ1n) is 10.5. The molecule has 0 unspecified atom stereocenters. The van der Waals surface area contributed by atoms with Crippen molar-refractivity contribution in [2.75, 3.05) is 13.2 Å². The molecule has 1 fully saturated rings. The maximum atomic E-state index is 12.1. The fourth-order valence-electron chi connectivity index (χ4n) is 2.79. The van der Waals surface area contributed by atoms with Crippen molar-refractivity contribution in [3.8, 4) is 0 Å². The van der Waals surface area contributed by atoms with Crippen molar-refractivity contribution in [2.24, 2.45) is 5.73 Å². The van der Waals surface area contributed by atoms with Crippen molar-refractivity contribution >= 4 is 17.8 Å². The van der Waals surface area contributed by atoms with E-state index in [0.717, 1.165) is 19.3 Å². The second kappa shape index (κ2) is 14.3. The summed E-state index contributed by atoms with van der Waals surface area (Å²) >= 11 is 0. The smallest absolute Gasteiger partial charge is 0.475 e. The largest absolute Gasteiger partial charge is 0.490 e. The van der Waals surface area contributed by atoms with Crippen LogP contribution < -0.4 is 16.4 Å². The maximum absolute atomic E-state index is 12.1. The number of benzene rings is 1. The molecule has 1 aliphatic rings. The van der Waals surface area contributed by atoms with Crippen LogP contribution in [0.15, 0.2) is 42.5 Å². The van der Waals surface area contributed by atoms with E-state index in [2.05, 4.69) is 10.6 Å². The molecule has 2 amide bonds. The van der Waals surface area contributed by atoms with Crippen LogP contribution in [0.5, 0.6) is 0 Å². The molecule has 11 heteroatoms. The highest BCUT2D eigenvalue weighted by molar-refractivity contribution is 5.88. The summed E-state index contributed by atoms with van der Waals surface area (Å²) in [5, 5.41) is 13.0. The molecule has 0 aromatic heterocycles. The number of carbonyl (C=O) groups is 3. The van der Waals surface area contributed by atoms with Gasteiger partial charge in [-0.2, -0.15) is 13.2 Å². The van der Waals surface area contributed by atoms with Crippen LogP contribution >= 0.6 is 0 Å². The van der Waals surface area contributed by atoms with Gasteiger partial charge in [0.1, 0.15) is 0 Å². The topological polar surface area (TPSA) is 131 Å². The minimum Gasteiger partial charge on any atom is -0.475 e. The van der Waals surface area contributed by atoms with E-state index in [1.165, 1.54) is 11.6 Å². The summed E-state index contributed by atoms with van der Waals surface area (Å²) in [6, 6.07) is 9.37. The van der Waals surface area contributed by atoms with Crippen LogP contribution in [0.3, 0.4) is 0 Å². The number of hydrogen-bond donors (Lipinski definition) is 4. The van der Waals surface area contributed by atoms with Crippen LogP contribution in [-0.2, 0) is 25.5 Å². The van der Waals surface area contributed by atoms with Gasteiger partial charge in [0, 0.05) is 31.4 Å². The Kier molecular flexibility index (Phi) is 12.2. The zero-order valence-electron chi connectivity index (χ0n) is 18.3. The van der Waals surface area contributed by atoms with E-state index in [1.807, 2.05) is 30.3 Å². The number of amides is 2. The lowest BCUT2D eigenvalue weighted by Gasteiger charge is -2.22. The average Bonchev–Trinajstić information content (AvgIpc) is 2.76. The van der Waals surface area contributed by atoms with E-state index in [-0.39, 0.29) is 23.9 Å². The molecule has 1 heterocycles. The van der Waals surface area contributed by atoms with Crippen LogP contribution in [0.4, 0.5) is 13.2 Å². The first-order chi connectivity index (χ1) is 15.5. The van der Waals surface area contributed by atoms with E-state index in [1.54, 1.807) is 13.0 Å². The normalized spacial score (nSPS) is 16.3. The Morgan fingerprint density at radius 1 is 1.21 bits per heavy atom. The quantitative estimate of drug-likeness (QED) is 0.427.